The van der Waals surface area contributed by atoms with Crippen molar-refractivity contribution in [3.05, 3.63) is 94.8 Å². The number of aromatic nitrogens is 4. The third-order valence-corrected chi connectivity index (χ3v) is 7.08. The average molecular weight is 556 g/mol. The number of amides is 1. The molecule has 0 aliphatic rings. The van der Waals surface area contributed by atoms with Crippen LogP contribution in [0, 0.1) is 11.3 Å². The first kappa shape index (κ1) is 26.9. The van der Waals surface area contributed by atoms with Gasteiger partial charge >= 0.3 is 0 Å². The fraction of sp³-hybridized carbons (Fsp3) is 0.207. The van der Waals surface area contributed by atoms with Crippen LogP contribution in [0.3, 0.4) is 0 Å². The lowest BCUT2D eigenvalue weighted by Gasteiger charge is -2.22. The SMILES string of the molecule is CC(C)(O)C(F)CNC(=O)c1cnc(-c2ccc3cc(C#N)cnn23)cc1Nc1nc(Cc2ccccc2)cs1. The van der Waals surface area contributed by atoms with Gasteiger partial charge in [0.25, 0.3) is 5.91 Å². The zero-order valence-corrected chi connectivity index (χ0v) is 22.6. The number of anilines is 2. The van der Waals surface area contributed by atoms with Crippen molar-refractivity contribution >= 4 is 33.6 Å². The van der Waals surface area contributed by atoms with Crippen LogP contribution in [0.15, 0.2) is 72.4 Å². The molecule has 0 aliphatic heterocycles. The minimum Gasteiger partial charge on any atom is -0.387 e. The Morgan fingerprint density at radius 3 is 2.75 bits per heavy atom. The predicted molar refractivity (Wildman–Crippen MR) is 151 cm³/mol. The van der Waals surface area contributed by atoms with Gasteiger partial charge in [-0.2, -0.15) is 10.4 Å². The van der Waals surface area contributed by atoms with E-state index < -0.39 is 17.7 Å². The number of carbonyl (C=O) groups is 1. The molecule has 40 heavy (non-hydrogen) atoms. The van der Waals surface area contributed by atoms with Crippen LogP contribution >= 0.6 is 11.3 Å². The molecule has 11 heteroatoms. The molecule has 1 aromatic carbocycles. The Balaban J connectivity index is 1.46. The molecule has 0 saturated heterocycles. The molecule has 0 fully saturated rings. The summed E-state index contributed by atoms with van der Waals surface area (Å²) in [7, 11) is 0. The van der Waals surface area contributed by atoms with E-state index in [9.17, 15) is 19.6 Å². The highest BCUT2D eigenvalue weighted by atomic mass is 32.1. The zero-order chi connectivity index (χ0) is 28.3. The number of benzene rings is 1. The summed E-state index contributed by atoms with van der Waals surface area (Å²) in [5, 5.41) is 31.8. The number of nitrogens with one attached hydrogen (secondary N) is 2. The number of pyridine rings is 1. The lowest BCUT2D eigenvalue weighted by molar-refractivity contribution is -0.00177. The summed E-state index contributed by atoms with van der Waals surface area (Å²) >= 11 is 1.40. The number of hydrogen-bond donors (Lipinski definition) is 3. The van der Waals surface area contributed by atoms with Crippen molar-refractivity contribution in [1.29, 1.82) is 5.26 Å². The van der Waals surface area contributed by atoms with Crippen molar-refractivity contribution in [3.8, 4) is 17.5 Å². The van der Waals surface area contributed by atoms with E-state index in [-0.39, 0.29) is 12.1 Å². The molecule has 4 heterocycles. The van der Waals surface area contributed by atoms with Gasteiger partial charge in [0.05, 0.1) is 57.8 Å². The third kappa shape index (κ3) is 5.98. The van der Waals surface area contributed by atoms with Crippen molar-refractivity contribution < 1.29 is 14.3 Å². The Labute approximate surface area is 234 Å². The van der Waals surface area contributed by atoms with E-state index in [1.807, 2.05) is 47.8 Å². The number of aliphatic hydroxyl groups is 1. The predicted octanol–water partition coefficient (Wildman–Crippen LogP) is 4.90. The maximum atomic E-state index is 14.3. The lowest BCUT2D eigenvalue weighted by Crippen LogP contribution is -2.42. The van der Waals surface area contributed by atoms with Crippen molar-refractivity contribution in [3.63, 3.8) is 0 Å². The van der Waals surface area contributed by atoms with E-state index in [1.165, 1.54) is 37.6 Å². The van der Waals surface area contributed by atoms with Gasteiger partial charge in [-0.1, -0.05) is 30.3 Å². The number of nitrogens with zero attached hydrogens (tertiary/aromatic N) is 5. The number of thiazole rings is 1. The Hall–Kier alpha value is -4.66. The van der Waals surface area contributed by atoms with Gasteiger partial charge in [-0.05, 0) is 43.7 Å². The van der Waals surface area contributed by atoms with Crippen LogP contribution in [-0.4, -0.2) is 48.9 Å². The molecule has 5 rings (SSSR count). The Bertz CT molecular complexity index is 1700. The molecule has 4 aromatic heterocycles. The molecule has 0 aliphatic carbocycles. The molecule has 1 amide bonds. The van der Waals surface area contributed by atoms with Crippen LogP contribution in [0.2, 0.25) is 0 Å². The first-order valence-corrected chi connectivity index (χ1v) is 13.4. The Kier molecular flexibility index (Phi) is 7.55. The van der Waals surface area contributed by atoms with Crippen molar-refractivity contribution in [2.24, 2.45) is 0 Å². The second-order valence-electron chi connectivity index (χ2n) is 9.79. The maximum Gasteiger partial charge on any atom is 0.255 e. The number of fused-ring (bicyclic) bond motifs is 1. The van der Waals surface area contributed by atoms with E-state index in [4.69, 9.17) is 0 Å². The number of alkyl halides is 1. The van der Waals surface area contributed by atoms with E-state index >= 15 is 0 Å². The normalized spacial score (nSPS) is 12.2. The molecule has 9 nitrogen and oxygen atoms in total. The fourth-order valence-corrected chi connectivity index (χ4v) is 4.75. The molecule has 1 atom stereocenters. The van der Waals surface area contributed by atoms with Crippen LogP contribution in [0.1, 0.15) is 41.0 Å². The highest BCUT2D eigenvalue weighted by Gasteiger charge is 2.27. The van der Waals surface area contributed by atoms with Gasteiger partial charge in [0.1, 0.15) is 12.2 Å². The largest absolute Gasteiger partial charge is 0.387 e. The smallest absolute Gasteiger partial charge is 0.255 e. The molecule has 5 aromatic rings. The highest BCUT2D eigenvalue weighted by Crippen LogP contribution is 2.29. The topological polar surface area (TPSA) is 128 Å². The maximum absolute atomic E-state index is 14.3. The minimum absolute atomic E-state index is 0.187. The number of rotatable bonds is 9. The Morgan fingerprint density at radius 2 is 2.00 bits per heavy atom. The Morgan fingerprint density at radius 1 is 1.20 bits per heavy atom. The van der Waals surface area contributed by atoms with Crippen LogP contribution < -0.4 is 10.6 Å². The molecular formula is C29H26FN7O2S. The summed E-state index contributed by atoms with van der Waals surface area (Å²) in [6.45, 7) is 2.33. The van der Waals surface area contributed by atoms with Gasteiger partial charge in [-0.25, -0.2) is 13.9 Å². The van der Waals surface area contributed by atoms with E-state index in [0.29, 0.717) is 34.2 Å². The van der Waals surface area contributed by atoms with E-state index in [0.717, 1.165) is 16.8 Å². The van der Waals surface area contributed by atoms with Crippen LogP contribution in [-0.2, 0) is 6.42 Å². The fourth-order valence-electron chi connectivity index (χ4n) is 4.03. The van der Waals surface area contributed by atoms with Gasteiger partial charge in [-0.15, -0.1) is 11.3 Å². The number of halogens is 1. The number of carbonyl (C=O) groups excluding carboxylic acids is 1. The quantitative estimate of drug-likeness (QED) is 0.236. The van der Waals surface area contributed by atoms with Gasteiger partial charge in [0.15, 0.2) is 5.13 Å². The number of hydrogen-bond acceptors (Lipinski definition) is 8. The van der Waals surface area contributed by atoms with Gasteiger partial charge in [0.2, 0.25) is 0 Å². The first-order valence-electron chi connectivity index (χ1n) is 12.5. The van der Waals surface area contributed by atoms with Crippen LogP contribution in [0.4, 0.5) is 15.2 Å². The zero-order valence-electron chi connectivity index (χ0n) is 21.8. The van der Waals surface area contributed by atoms with Crippen molar-refractivity contribution in [2.75, 3.05) is 11.9 Å². The molecule has 202 valence electrons. The summed E-state index contributed by atoms with van der Waals surface area (Å²) in [5.74, 6) is -0.550. The summed E-state index contributed by atoms with van der Waals surface area (Å²) < 4.78 is 16.0. The summed E-state index contributed by atoms with van der Waals surface area (Å²) in [6.07, 6.45) is 1.88. The first-order chi connectivity index (χ1) is 19.2. The van der Waals surface area contributed by atoms with E-state index in [2.05, 4.69) is 31.8 Å². The monoisotopic (exact) mass is 555 g/mol. The second-order valence-corrected chi connectivity index (χ2v) is 10.6. The van der Waals surface area contributed by atoms with Crippen LogP contribution in [0.5, 0.6) is 0 Å². The van der Waals surface area contributed by atoms with Crippen molar-refractivity contribution in [2.45, 2.75) is 32.0 Å². The average Bonchev–Trinajstić information content (AvgIpc) is 3.57. The summed E-state index contributed by atoms with van der Waals surface area (Å²) in [4.78, 5) is 22.3. The van der Waals surface area contributed by atoms with Crippen molar-refractivity contribution in [1.82, 2.24) is 24.9 Å². The van der Waals surface area contributed by atoms with Crippen LogP contribution in [0.25, 0.3) is 16.9 Å². The highest BCUT2D eigenvalue weighted by molar-refractivity contribution is 7.13. The lowest BCUT2D eigenvalue weighted by atomic mass is 10.0. The molecule has 0 spiro atoms. The second kappa shape index (κ2) is 11.2. The molecule has 1 unspecified atom stereocenters. The third-order valence-electron chi connectivity index (χ3n) is 6.27. The van der Waals surface area contributed by atoms with Gasteiger partial charge < -0.3 is 15.7 Å². The molecule has 3 N–H and O–H groups in total. The molecule has 0 radical (unpaired) electrons. The molecular weight excluding hydrogens is 529 g/mol. The minimum atomic E-state index is -1.66. The molecule has 0 saturated carbocycles. The molecule has 0 bridgehead atoms. The summed E-state index contributed by atoms with van der Waals surface area (Å²) in [6, 6.07) is 19.1. The van der Waals surface area contributed by atoms with Gasteiger partial charge in [-0.3, -0.25) is 9.78 Å². The number of nitriles is 1. The van der Waals surface area contributed by atoms with E-state index in [1.54, 1.807) is 16.6 Å². The van der Waals surface area contributed by atoms with Gasteiger partial charge in [0, 0.05) is 18.0 Å². The standard InChI is InChI=1S/C29H26FN7O2S/c1-29(2,39)26(30)16-33-27(38)22-15-32-24(25-9-8-21-11-19(13-31)14-34-37(21)25)12-23(22)36-28-35-20(17-40-28)10-18-6-4-3-5-7-18/h3-9,11-12,14-15,17,26,39H,10,16H2,1-2H3,(H,33,38)(H,32,35,36). The summed E-state index contributed by atoms with van der Waals surface area (Å²) in [5.41, 5.74) is 3.36.